The van der Waals surface area contributed by atoms with E-state index in [2.05, 4.69) is 4.74 Å². The Bertz CT molecular complexity index is 891. The summed E-state index contributed by atoms with van der Waals surface area (Å²) in [4.78, 5) is 28.9. The molecule has 2 saturated heterocycles. The number of benzene rings is 2. The van der Waals surface area contributed by atoms with Gasteiger partial charge in [-0.25, -0.2) is 0 Å². The van der Waals surface area contributed by atoms with Crippen molar-refractivity contribution in [3.63, 3.8) is 0 Å². The second-order valence-electron chi connectivity index (χ2n) is 7.66. The Labute approximate surface area is 172 Å². The highest BCUT2D eigenvalue weighted by Gasteiger charge is 2.51. The summed E-state index contributed by atoms with van der Waals surface area (Å²) in [6.45, 7) is 1.79. The molecule has 2 aliphatic rings. The summed E-state index contributed by atoms with van der Waals surface area (Å²) in [7, 11) is 0. The fraction of sp³-hybridized carbons (Fsp3) is 0.364. The Morgan fingerprint density at radius 2 is 1.47 bits per heavy atom. The van der Waals surface area contributed by atoms with Gasteiger partial charge < -0.3 is 4.74 Å². The van der Waals surface area contributed by atoms with Gasteiger partial charge in [0.25, 0.3) is 0 Å². The van der Waals surface area contributed by atoms with Gasteiger partial charge in [-0.15, -0.1) is 13.2 Å². The molecule has 0 aliphatic carbocycles. The smallest absolute Gasteiger partial charge is 0.406 e. The molecule has 0 bridgehead atoms. The van der Waals surface area contributed by atoms with Gasteiger partial charge in [0.1, 0.15) is 5.75 Å². The molecule has 2 atom stereocenters. The van der Waals surface area contributed by atoms with Crippen LogP contribution in [0.25, 0.3) is 0 Å². The molecule has 0 saturated carbocycles. The van der Waals surface area contributed by atoms with Crippen LogP contribution in [0, 0.1) is 11.8 Å². The summed E-state index contributed by atoms with van der Waals surface area (Å²) < 4.78 is 40.7. The van der Waals surface area contributed by atoms with E-state index >= 15 is 0 Å². The Hall–Kier alpha value is -2.87. The van der Waals surface area contributed by atoms with Gasteiger partial charge in [0.05, 0.1) is 11.8 Å². The van der Waals surface area contributed by atoms with E-state index < -0.39 is 6.36 Å². The van der Waals surface area contributed by atoms with Crippen LogP contribution < -0.4 is 4.74 Å². The maximum Gasteiger partial charge on any atom is 0.573 e. The Kier molecular flexibility index (Phi) is 5.51. The van der Waals surface area contributed by atoms with Crippen molar-refractivity contribution in [1.29, 1.82) is 0 Å². The summed E-state index contributed by atoms with van der Waals surface area (Å²) >= 11 is 0. The molecule has 0 unspecified atom stereocenters. The van der Waals surface area contributed by atoms with E-state index in [0.717, 1.165) is 11.1 Å². The number of rotatable bonds is 6. The number of fused-ring (bicyclic) bond motifs is 1. The van der Waals surface area contributed by atoms with Gasteiger partial charge in [0.15, 0.2) is 0 Å². The van der Waals surface area contributed by atoms with E-state index in [1.54, 1.807) is 12.1 Å². The summed E-state index contributed by atoms with van der Waals surface area (Å²) in [6, 6.07) is 15.4. The van der Waals surface area contributed by atoms with Gasteiger partial charge in [0.2, 0.25) is 11.8 Å². The standard InChI is InChI=1S/C22H21F3N2O3/c23-22(24,25)30-17-8-6-16(7-9-17)12-26-13-18-19(14-26)21(29)27(20(18)28)11-10-15-4-2-1-3-5-15/h1-9,18-19H,10-14H2/t18-,19+. The maximum atomic E-state index is 12.7. The van der Waals surface area contributed by atoms with Gasteiger partial charge in [-0.05, 0) is 29.7 Å². The van der Waals surface area contributed by atoms with Gasteiger partial charge in [0, 0.05) is 26.2 Å². The Morgan fingerprint density at radius 3 is 2.03 bits per heavy atom. The normalized spacial score (nSPS) is 21.9. The predicted molar refractivity (Wildman–Crippen MR) is 102 cm³/mol. The van der Waals surface area contributed by atoms with E-state index in [1.807, 2.05) is 35.2 Å². The summed E-state index contributed by atoms with van der Waals surface area (Å²) in [5.41, 5.74) is 1.88. The molecule has 2 heterocycles. The molecule has 0 radical (unpaired) electrons. The summed E-state index contributed by atoms with van der Waals surface area (Å²) in [5, 5.41) is 0. The molecule has 2 aliphatic heterocycles. The minimum Gasteiger partial charge on any atom is -0.406 e. The van der Waals surface area contributed by atoms with E-state index in [9.17, 15) is 22.8 Å². The van der Waals surface area contributed by atoms with Crippen molar-refractivity contribution in [3.05, 3.63) is 65.7 Å². The quantitative estimate of drug-likeness (QED) is 0.676. The number of nitrogens with zero attached hydrogens (tertiary/aromatic N) is 2. The SMILES string of the molecule is O=C1[C@H]2CN(Cc3ccc(OC(F)(F)F)cc3)C[C@H]2C(=O)N1CCc1ccccc1. The van der Waals surface area contributed by atoms with Crippen molar-refractivity contribution in [1.82, 2.24) is 9.80 Å². The van der Waals surface area contributed by atoms with Crippen molar-refractivity contribution < 1.29 is 27.5 Å². The molecule has 2 aromatic carbocycles. The zero-order chi connectivity index (χ0) is 21.3. The fourth-order valence-electron chi connectivity index (χ4n) is 4.18. The van der Waals surface area contributed by atoms with Crippen LogP contribution in [0.5, 0.6) is 5.75 Å². The third-order valence-electron chi connectivity index (χ3n) is 5.59. The molecule has 0 aromatic heterocycles. The zero-order valence-corrected chi connectivity index (χ0v) is 16.1. The van der Waals surface area contributed by atoms with Crippen LogP contribution in [-0.2, 0) is 22.6 Å². The number of imide groups is 1. The van der Waals surface area contributed by atoms with E-state index in [-0.39, 0.29) is 29.4 Å². The van der Waals surface area contributed by atoms with Crippen LogP contribution in [-0.4, -0.2) is 47.6 Å². The van der Waals surface area contributed by atoms with Crippen molar-refractivity contribution in [2.45, 2.75) is 19.3 Å². The lowest BCUT2D eigenvalue weighted by molar-refractivity contribution is -0.274. The minimum absolute atomic E-state index is 0.127. The number of ether oxygens (including phenoxy) is 1. The van der Waals surface area contributed by atoms with Crippen LogP contribution in [0.3, 0.4) is 0 Å². The van der Waals surface area contributed by atoms with E-state index in [4.69, 9.17) is 0 Å². The largest absolute Gasteiger partial charge is 0.573 e. The first kappa shape index (κ1) is 20.4. The van der Waals surface area contributed by atoms with Crippen LogP contribution in [0.1, 0.15) is 11.1 Å². The first-order valence-corrected chi connectivity index (χ1v) is 9.76. The fourth-order valence-corrected chi connectivity index (χ4v) is 4.18. The summed E-state index contributed by atoms with van der Waals surface area (Å²) in [5.74, 6) is -1.22. The number of carbonyl (C=O) groups is 2. The lowest BCUT2D eigenvalue weighted by atomic mass is 10.00. The number of hydrogen-bond donors (Lipinski definition) is 0. The van der Waals surface area contributed by atoms with Crippen molar-refractivity contribution in [2.24, 2.45) is 11.8 Å². The number of carbonyl (C=O) groups excluding carboxylic acids is 2. The molecule has 30 heavy (non-hydrogen) atoms. The number of likely N-dealkylation sites (tertiary alicyclic amines) is 2. The lowest BCUT2D eigenvalue weighted by Crippen LogP contribution is -2.37. The van der Waals surface area contributed by atoms with E-state index in [1.165, 1.54) is 17.0 Å². The number of alkyl halides is 3. The molecule has 4 rings (SSSR count). The number of halogens is 3. The Balaban J connectivity index is 1.33. The highest BCUT2D eigenvalue weighted by atomic mass is 19.4. The maximum absolute atomic E-state index is 12.7. The molecular weight excluding hydrogens is 397 g/mol. The molecule has 8 heteroatoms. The molecule has 0 N–H and O–H groups in total. The first-order chi connectivity index (χ1) is 14.3. The van der Waals surface area contributed by atoms with Crippen molar-refractivity contribution in [3.8, 4) is 5.75 Å². The summed E-state index contributed by atoms with van der Waals surface area (Å²) in [6.07, 6.45) is -4.09. The highest BCUT2D eigenvalue weighted by molar-refractivity contribution is 6.05. The minimum atomic E-state index is -4.72. The second kappa shape index (κ2) is 8.10. The van der Waals surface area contributed by atoms with Crippen LogP contribution in [0.2, 0.25) is 0 Å². The second-order valence-corrected chi connectivity index (χ2v) is 7.66. The third-order valence-corrected chi connectivity index (χ3v) is 5.59. The molecule has 5 nitrogen and oxygen atoms in total. The molecule has 2 fully saturated rings. The van der Waals surface area contributed by atoms with Crippen molar-refractivity contribution in [2.75, 3.05) is 19.6 Å². The van der Waals surface area contributed by atoms with E-state index in [0.29, 0.717) is 32.6 Å². The first-order valence-electron chi connectivity index (χ1n) is 9.76. The molecular formula is C22H21F3N2O3. The van der Waals surface area contributed by atoms with Crippen LogP contribution >= 0.6 is 0 Å². The average molecular weight is 418 g/mol. The van der Waals surface area contributed by atoms with Crippen LogP contribution in [0.15, 0.2) is 54.6 Å². The predicted octanol–water partition coefficient (Wildman–Crippen LogP) is 3.24. The van der Waals surface area contributed by atoms with Gasteiger partial charge in [-0.1, -0.05) is 42.5 Å². The molecule has 2 amide bonds. The van der Waals surface area contributed by atoms with Gasteiger partial charge in [-0.2, -0.15) is 0 Å². The zero-order valence-electron chi connectivity index (χ0n) is 16.1. The highest BCUT2D eigenvalue weighted by Crippen LogP contribution is 2.34. The molecule has 2 aromatic rings. The monoisotopic (exact) mass is 418 g/mol. The third kappa shape index (κ3) is 4.48. The number of hydrogen-bond acceptors (Lipinski definition) is 4. The van der Waals surface area contributed by atoms with Gasteiger partial charge in [-0.3, -0.25) is 19.4 Å². The lowest BCUT2D eigenvalue weighted by Gasteiger charge is -2.21. The van der Waals surface area contributed by atoms with Gasteiger partial charge >= 0.3 is 6.36 Å². The molecule has 0 spiro atoms. The molecule has 158 valence electrons. The van der Waals surface area contributed by atoms with Crippen molar-refractivity contribution >= 4 is 11.8 Å². The Morgan fingerprint density at radius 1 is 0.867 bits per heavy atom. The average Bonchev–Trinajstić information content (AvgIpc) is 3.21. The van der Waals surface area contributed by atoms with Crippen LogP contribution in [0.4, 0.5) is 13.2 Å². The number of amides is 2. The topological polar surface area (TPSA) is 49.9 Å².